The number of ether oxygens (including phenoxy) is 1. The molecule has 3 N–H and O–H groups in total. The van der Waals surface area contributed by atoms with Crippen molar-refractivity contribution in [2.45, 2.75) is 44.6 Å². The Hall–Kier alpha value is -1.65. The number of alkyl halides is 5. The Labute approximate surface area is 123 Å². The molecule has 0 aromatic carbocycles. The van der Waals surface area contributed by atoms with Crippen molar-refractivity contribution in [2.75, 3.05) is 13.1 Å². The highest BCUT2D eigenvalue weighted by atomic mass is 19.4. The maximum absolute atomic E-state index is 13.4. The van der Waals surface area contributed by atoms with Gasteiger partial charge in [0.05, 0.1) is 6.54 Å². The molecule has 0 spiro atoms. The Balaban J connectivity index is 4.47. The molecule has 0 aliphatic rings. The predicted molar refractivity (Wildman–Crippen MR) is 64.3 cm³/mol. The van der Waals surface area contributed by atoms with Crippen LogP contribution in [0.25, 0.3) is 0 Å². The Morgan fingerprint density at radius 3 is 2.00 bits per heavy atom. The molecule has 0 heterocycles. The smallest absolute Gasteiger partial charge is 0.407 e. The van der Waals surface area contributed by atoms with Gasteiger partial charge in [-0.05, 0) is 20.8 Å². The third kappa shape index (κ3) is 7.96. The first-order valence-corrected chi connectivity index (χ1v) is 6.03. The molecule has 0 aromatic heterocycles. The number of halogens is 5. The topological polar surface area (TPSA) is 87.7 Å². The van der Waals surface area contributed by atoms with E-state index in [2.05, 4.69) is 0 Å². The average molecular weight is 336 g/mol. The number of aliphatic hydroxyl groups excluding tert-OH is 1. The highest BCUT2D eigenvalue weighted by molar-refractivity contribution is 5.84. The van der Waals surface area contributed by atoms with E-state index in [-0.39, 0.29) is 0 Å². The van der Waals surface area contributed by atoms with Gasteiger partial charge in [-0.2, -0.15) is 22.0 Å². The molecule has 0 aliphatic carbocycles. The molecule has 2 amide bonds. The van der Waals surface area contributed by atoms with E-state index in [1.807, 2.05) is 0 Å². The molecule has 1 atom stereocenters. The number of hydrogen-bond donors (Lipinski definition) is 3. The SMILES string of the molecule is CC(C)(C)OC(=O)NCC(O)C(F)(F)C(=O)NCC(F)(F)F. The summed E-state index contributed by atoms with van der Waals surface area (Å²) in [4.78, 5) is 22.1. The number of alkyl carbamates (subject to hydrolysis) is 1. The largest absolute Gasteiger partial charge is 0.444 e. The van der Waals surface area contributed by atoms with Gasteiger partial charge in [-0.25, -0.2) is 4.79 Å². The number of amides is 2. The van der Waals surface area contributed by atoms with Gasteiger partial charge in [0.15, 0.2) is 0 Å². The second kappa shape index (κ2) is 7.07. The van der Waals surface area contributed by atoms with Crippen molar-refractivity contribution in [3.05, 3.63) is 0 Å². The zero-order valence-electron chi connectivity index (χ0n) is 12.1. The Morgan fingerprint density at radius 1 is 1.09 bits per heavy atom. The van der Waals surface area contributed by atoms with Crippen molar-refractivity contribution in [1.29, 1.82) is 0 Å². The monoisotopic (exact) mass is 336 g/mol. The summed E-state index contributed by atoms with van der Waals surface area (Å²) in [5.74, 6) is -6.82. The number of carbonyl (C=O) groups is 2. The highest BCUT2D eigenvalue weighted by Gasteiger charge is 2.47. The van der Waals surface area contributed by atoms with Gasteiger partial charge in [-0.15, -0.1) is 0 Å². The van der Waals surface area contributed by atoms with Crippen LogP contribution in [0.4, 0.5) is 26.7 Å². The number of carbonyl (C=O) groups excluding carboxylic acids is 2. The molecule has 0 aromatic rings. The summed E-state index contributed by atoms with van der Waals surface area (Å²) in [5.41, 5.74) is -0.915. The molecule has 6 nitrogen and oxygen atoms in total. The van der Waals surface area contributed by atoms with Gasteiger partial charge in [0.25, 0.3) is 5.91 Å². The molecule has 130 valence electrons. The minimum Gasteiger partial charge on any atom is -0.444 e. The van der Waals surface area contributed by atoms with Crippen molar-refractivity contribution in [1.82, 2.24) is 10.6 Å². The van der Waals surface area contributed by atoms with Gasteiger partial charge in [0, 0.05) is 0 Å². The Kier molecular flexibility index (Phi) is 6.54. The zero-order valence-corrected chi connectivity index (χ0v) is 12.1. The summed E-state index contributed by atoms with van der Waals surface area (Å²) in [7, 11) is 0. The predicted octanol–water partition coefficient (Wildman–Crippen LogP) is 1.19. The molecule has 0 rings (SSSR count). The van der Waals surface area contributed by atoms with E-state index in [0.717, 1.165) is 5.32 Å². The summed E-state index contributed by atoms with van der Waals surface area (Å²) in [5, 5.41) is 11.9. The van der Waals surface area contributed by atoms with Gasteiger partial charge in [0.2, 0.25) is 0 Å². The second-order valence-electron chi connectivity index (χ2n) is 5.32. The fraction of sp³-hybridized carbons (Fsp3) is 0.818. The van der Waals surface area contributed by atoms with E-state index < -0.39 is 48.9 Å². The average Bonchev–Trinajstić information content (AvgIpc) is 2.29. The lowest BCUT2D eigenvalue weighted by Crippen LogP contribution is -2.54. The number of nitrogens with one attached hydrogen (secondary N) is 2. The Morgan fingerprint density at radius 2 is 1.59 bits per heavy atom. The molecular formula is C11H17F5N2O4. The van der Waals surface area contributed by atoms with Crippen molar-refractivity contribution >= 4 is 12.0 Å². The summed E-state index contributed by atoms with van der Waals surface area (Å²) < 4.78 is 66.9. The molecule has 0 fully saturated rings. The molecule has 0 saturated heterocycles. The van der Waals surface area contributed by atoms with Gasteiger partial charge in [0.1, 0.15) is 18.2 Å². The lowest BCUT2D eigenvalue weighted by molar-refractivity contribution is -0.169. The number of rotatable bonds is 5. The fourth-order valence-corrected chi connectivity index (χ4v) is 1.07. The van der Waals surface area contributed by atoms with Crippen molar-refractivity contribution in [3.8, 4) is 0 Å². The van der Waals surface area contributed by atoms with Crippen LogP contribution < -0.4 is 10.6 Å². The van der Waals surface area contributed by atoms with E-state index in [9.17, 15) is 31.5 Å². The normalized spacial score (nSPS) is 14.2. The van der Waals surface area contributed by atoms with Crippen LogP contribution in [0, 0.1) is 0 Å². The summed E-state index contributed by atoms with van der Waals surface area (Å²) in [6, 6.07) is 0. The van der Waals surface area contributed by atoms with Crippen LogP contribution in [0.15, 0.2) is 0 Å². The lowest BCUT2D eigenvalue weighted by atomic mass is 10.1. The maximum atomic E-state index is 13.4. The minimum atomic E-state index is -4.87. The molecule has 0 saturated carbocycles. The van der Waals surface area contributed by atoms with Crippen molar-refractivity contribution < 1.29 is 41.4 Å². The van der Waals surface area contributed by atoms with E-state index >= 15 is 0 Å². The molecule has 0 aliphatic heterocycles. The van der Waals surface area contributed by atoms with Gasteiger partial charge in [-0.3, -0.25) is 4.79 Å². The maximum Gasteiger partial charge on any atom is 0.407 e. The molecule has 0 radical (unpaired) electrons. The van der Waals surface area contributed by atoms with E-state index in [4.69, 9.17) is 9.84 Å². The van der Waals surface area contributed by atoms with Gasteiger partial charge in [-0.1, -0.05) is 0 Å². The van der Waals surface area contributed by atoms with Crippen LogP contribution >= 0.6 is 0 Å². The summed E-state index contributed by atoms with van der Waals surface area (Å²) in [6.45, 7) is 1.46. The van der Waals surface area contributed by atoms with E-state index in [0.29, 0.717) is 0 Å². The first kappa shape index (κ1) is 20.3. The van der Waals surface area contributed by atoms with E-state index in [1.54, 1.807) is 5.32 Å². The summed E-state index contributed by atoms with van der Waals surface area (Å²) in [6.07, 6.45) is -8.71. The fourth-order valence-electron chi connectivity index (χ4n) is 1.07. The zero-order chi connectivity index (χ0) is 17.8. The van der Waals surface area contributed by atoms with Crippen LogP contribution in [0.5, 0.6) is 0 Å². The van der Waals surface area contributed by atoms with Gasteiger partial charge < -0.3 is 20.5 Å². The second-order valence-corrected chi connectivity index (χ2v) is 5.32. The molecule has 0 bridgehead atoms. The van der Waals surface area contributed by atoms with Crippen LogP contribution in [0.2, 0.25) is 0 Å². The molecular weight excluding hydrogens is 319 g/mol. The van der Waals surface area contributed by atoms with Crippen LogP contribution in [0.3, 0.4) is 0 Å². The first-order valence-electron chi connectivity index (χ1n) is 6.03. The quantitative estimate of drug-likeness (QED) is 0.658. The standard InChI is InChI=1S/C11H17F5N2O4/c1-9(2,3)22-8(21)17-4-6(19)11(15,16)7(20)18-5-10(12,13)14/h6,19H,4-5H2,1-3H3,(H,17,21)(H,18,20). The number of aliphatic hydroxyl groups is 1. The van der Waals surface area contributed by atoms with Crippen molar-refractivity contribution in [2.24, 2.45) is 0 Å². The molecule has 22 heavy (non-hydrogen) atoms. The highest BCUT2D eigenvalue weighted by Crippen LogP contribution is 2.20. The molecule has 1 unspecified atom stereocenters. The molecule has 11 heteroatoms. The van der Waals surface area contributed by atoms with Crippen molar-refractivity contribution in [3.63, 3.8) is 0 Å². The summed E-state index contributed by atoms with van der Waals surface area (Å²) >= 11 is 0. The third-order valence-electron chi connectivity index (χ3n) is 2.01. The van der Waals surface area contributed by atoms with Gasteiger partial charge >= 0.3 is 18.2 Å². The minimum absolute atomic E-state index is 0.915. The number of hydrogen-bond acceptors (Lipinski definition) is 4. The van der Waals surface area contributed by atoms with Crippen LogP contribution in [-0.2, 0) is 9.53 Å². The first-order chi connectivity index (χ1) is 9.65. The van der Waals surface area contributed by atoms with Crippen LogP contribution in [-0.4, -0.2) is 54.0 Å². The van der Waals surface area contributed by atoms with E-state index in [1.165, 1.54) is 20.8 Å². The Bertz CT molecular complexity index is 406. The van der Waals surface area contributed by atoms with Crippen LogP contribution in [0.1, 0.15) is 20.8 Å². The lowest BCUT2D eigenvalue weighted by Gasteiger charge is -2.24. The third-order valence-corrected chi connectivity index (χ3v) is 2.01.